The molecular weight excluding hydrogens is 246 g/mol. The number of aliphatic hydroxyl groups is 1. The van der Waals surface area contributed by atoms with Gasteiger partial charge in [0.15, 0.2) is 0 Å². The summed E-state index contributed by atoms with van der Waals surface area (Å²) >= 11 is 0. The predicted molar refractivity (Wildman–Crippen MR) is 67.0 cm³/mol. The van der Waals surface area contributed by atoms with Crippen LogP contribution in [-0.2, 0) is 14.3 Å². The number of aliphatic hydroxyl groups excluding tert-OH is 1. The molecule has 0 aromatic carbocycles. The van der Waals surface area contributed by atoms with Crippen LogP contribution in [0.15, 0.2) is 12.2 Å². The van der Waals surface area contributed by atoms with Crippen LogP contribution in [0.4, 0.5) is 0 Å². The number of hydrogen-bond acceptors (Lipinski definition) is 4. The van der Waals surface area contributed by atoms with E-state index in [2.05, 4.69) is 12.2 Å². The molecule has 0 aromatic heterocycles. The molecule has 2 aliphatic carbocycles. The molecule has 1 aliphatic heterocycles. The molecule has 5 unspecified atom stereocenters. The Balaban J connectivity index is 1.75. The molecule has 5 nitrogen and oxygen atoms in total. The molecule has 5 atom stereocenters. The standard InChI is InChI=1S/C14H19NO4/c1-19-14(18)12-6-10(16)7-15(12)13(17)11-5-8-2-3-9(11)4-8/h2-3,8-12,16H,4-7H2,1H3. The zero-order chi connectivity index (χ0) is 13.6. The topological polar surface area (TPSA) is 66.8 Å². The summed E-state index contributed by atoms with van der Waals surface area (Å²) in [6.45, 7) is 0.246. The van der Waals surface area contributed by atoms with Gasteiger partial charge in [0, 0.05) is 18.9 Å². The first-order chi connectivity index (χ1) is 9.10. The zero-order valence-electron chi connectivity index (χ0n) is 11.0. The van der Waals surface area contributed by atoms with Crippen LogP contribution < -0.4 is 0 Å². The summed E-state index contributed by atoms with van der Waals surface area (Å²) in [6, 6.07) is -0.615. The van der Waals surface area contributed by atoms with Crippen LogP contribution in [-0.4, -0.2) is 47.7 Å². The van der Waals surface area contributed by atoms with Gasteiger partial charge in [-0.15, -0.1) is 0 Å². The number of amides is 1. The Morgan fingerprint density at radius 2 is 2.05 bits per heavy atom. The Labute approximate surface area is 112 Å². The molecule has 3 rings (SSSR count). The number of nitrogens with zero attached hydrogens (tertiary/aromatic N) is 1. The minimum absolute atomic E-state index is 0.00352. The van der Waals surface area contributed by atoms with E-state index in [-0.39, 0.29) is 24.8 Å². The number of carbonyl (C=O) groups is 2. The van der Waals surface area contributed by atoms with Crippen LogP contribution in [0.1, 0.15) is 19.3 Å². The van der Waals surface area contributed by atoms with E-state index < -0.39 is 18.1 Å². The van der Waals surface area contributed by atoms with E-state index >= 15 is 0 Å². The van der Waals surface area contributed by atoms with Gasteiger partial charge in [-0.2, -0.15) is 0 Å². The number of allylic oxidation sites excluding steroid dienone is 2. The molecule has 19 heavy (non-hydrogen) atoms. The van der Waals surface area contributed by atoms with Gasteiger partial charge in [-0.05, 0) is 24.7 Å². The minimum Gasteiger partial charge on any atom is -0.467 e. The molecule has 1 amide bonds. The van der Waals surface area contributed by atoms with Crippen molar-refractivity contribution in [3.05, 3.63) is 12.2 Å². The summed E-state index contributed by atoms with van der Waals surface area (Å²) in [4.78, 5) is 25.8. The third kappa shape index (κ3) is 2.06. The van der Waals surface area contributed by atoms with E-state index in [0.717, 1.165) is 12.8 Å². The maximum Gasteiger partial charge on any atom is 0.328 e. The molecule has 3 aliphatic rings. The molecule has 0 radical (unpaired) electrons. The van der Waals surface area contributed by atoms with Crippen molar-refractivity contribution in [1.29, 1.82) is 0 Å². The third-order valence-electron chi connectivity index (χ3n) is 4.63. The number of ether oxygens (including phenoxy) is 1. The van der Waals surface area contributed by atoms with Gasteiger partial charge in [-0.25, -0.2) is 4.79 Å². The first-order valence-corrected chi connectivity index (χ1v) is 6.85. The van der Waals surface area contributed by atoms with E-state index in [9.17, 15) is 14.7 Å². The third-order valence-corrected chi connectivity index (χ3v) is 4.63. The van der Waals surface area contributed by atoms with Crippen molar-refractivity contribution in [2.75, 3.05) is 13.7 Å². The number of fused-ring (bicyclic) bond motifs is 2. The number of rotatable bonds is 2. The summed E-state index contributed by atoms with van der Waals surface area (Å²) in [7, 11) is 1.32. The Kier molecular flexibility index (Phi) is 3.09. The Hall–Kier alpha value is -1.36. The summed E-state index contributed by atoms with van der Waals surface area (Å²) in [5.74, 6) is 0.386. The molecule has 1 heterocycles. The van der Waals surface area contributed by atoms with Crippen molar-refractivity contribution >= 4 is 11.9 Å². The highest BCUT2D eigenvalue weighted by Gasteiger charge is 2.46. The highest BCUT2D eigenvalue weighted by molar-refractivity contribution is 5.87. The van der Waals surface area contributed by atoms with Crippen molar-refractivity contribution < 1.29 is 19.4 Å². The highest BCUT2D eigenvalue weighted by atomic mass is 16.5. The van der Waals surface area contributed by atoms with Gasteiger partial charge in [-0.3, -0.25) is 4.79 Å². The maximum atomic E-state index is 12.6. The summed E-state index contributed by atoms with van der Waals surface area (Å²) in [6.07, 6.45) is 5.90. The van der Waals surface area contributed by atoms with Crippen LogP contribution in [0.3, 0.4) is 0 Å². The predicted octanol–water partition coefficient (Wildman–Crippen LogP) is 0.333. The molecule has 5 heteroatoms. The van der Waals surface area contributed by atoms with E-state index in [1.165, 1.54) is 12.0 Å². The van der Waals surface area contributed by atoms with Gasteiger partial charge in [0.05, 0.1) is 13.2 Å². The lowest BCUT2D eigenvalue weighted by atomic mass is 9.92. The molecule has 1 saturated carbocycles. The zero-order valence-corrected chi connectivity index (χ0v) is 11.0. The maximum absolute atomic E-state index is 12.6. The van der Waals surface area contributed by atoms with Gasteiger partial charge in [-0.1, -0.05) is 12.2 Å². The molecule has 0 spiro atoms. The first kappa shape index (κ1) is 12.7. The summed E-state index contributed by atoms with van der Waals surface area (Å²) in [5.41, 5.74) is 0. The second-order valence-electron chi connectivity index (χ2n) is 5.81. The van der Waals surface area contributed by atoms with Crippen molar-refractivity contribution in [2.45, 2.75) is 31.4 Å². The van der Waals surface area contributed by atoms with Crippen LogP contribution >= 0.6 is 0 Å². The van der Waals surface area contributed by atoms with E-state index in [1.54, 1.807) is 0 Å². The molecule has 104 valence electrons. The number of likely N-dealkylation sites (tertiary alicyclic amines) is 1. The lowest BCUT2D eigenvalue weighted by Crippen LogP contribution is -2.45. The van der Waals surface area contributed by atoms with Crippen molar-refractivity contribution in [2.24, 2.45) is 17.8 Å². The molecule has 2 bridgehead atoms. The number of methoxy groups -OCH3 is 1. The number of hydrogen-bond donors (Lipinski definition) is 1. The minimum atomic E-state index is -0.623. The molecule has 2 fully saturated rings. The number of carbonyl (C=O) groups excluding carboxylic acids is 2. The van der Waals surface area contributed by atoms with Gasteiger partial charge >= 0.3 is 5.97 Å². The van der Waals surface area contributed by atoms with E-state index in [0.29, 0.717) is 11.8 Å². The van der Waals surface area contributed by atoms with Crippen LogP contribution in [0.2, 0.25) is 0 Å². The Bertz CT molecular complexity index is 433. The normalized spacial score (nSPS) is 39.9. The average Bonchev–Trinajstić information content (AvgIpc) is 3.11. The van der Waals surface area contributed by atoms with Gasteiger partial charge in [0.2, 0.25) is 5.91 Å². The smallest absolute Gasteiger partial charge is 0.328 e. The fourth-order valence-corrected chi connectivity index (χ4v) is 3.69. The van der Waals surface area contributed by atoms with Crippen LogP contribution in [0.5, 0.6) is 0 Å². The van der Waals surface area contributed by atoms with Crippen molar-refractivity contribution in [1.82, 2.24) is 4.90 Å². The number of esters is 1. The van der Waals surface area contributed by atoms with Gasteiger partial charge in [0.1, 0.15) is 6.04 Å². The monoisotopic (exact) mass is 265 g/mol. The van der Waals surface area contributed by atoms with E-state index in [4.69, 9.17) is 4.74 Å². The molecular formula is C14H19NO4. The quantitative estimate of drug-likeness (QED) is 0.577. The van der Waals surface area contributed by atoms with Crippen molar-refractivity contribution in [3.8, 4) is 0 Å². The Morgan fingerprint density at radius 3 is 2.63 bits per heavy atom. The first-order valence-electron chi connectivity index (χ1n) is 6.85. The fourth-order valence-electron chi connectivity index (χ4n) is 3.69. The Morgan fingerprint density at radius 1 is 1.26 bits per heavy atom. The largest absolute Gasteiger partial charge is 0.467 e. The van der Waals surface area contributed by atoms with Gasteiger partial charge in [0.25, 0.3) is 0 Å². The highest BCUT2D eigenvalue weighted by Crippen LogP contribution is 2.44. The lowest BCUT2D eigenvalue weighted by Gasteiger charge is -2.28. The fraction of sp³-hybridized carbons (Fsp3) is 0.714. The molecule has 1 N–H and O–H groups in total. The van der Waals surface area contributed by atoms with Crippen LogP contribution in [0, 0.1) is 17.8 Å². The molecule has 0 aromatic rings. The average molecular weight is 265 g/mol. The summed E-state index contributed by atoms with van der Waals surface area (Å²) in [5, 5.41) is 9.72. The van der Waals surface area contributed by atoms with Crippen molar-refractivity contribution in [3.63, 3.8) is 0 Å². The SMILES string of the molecule is COC(=O)C1CC(O)CN1C(=O)C1CC2C=CC1C2. The van der Waals surface area contributed by atoms with E-state index in [1.807, 2.05) is 0 Å². The van der Waals surface area contributed by atoms with Crippen LogP contribution in [0.25, 0.3) is 0 Å². The number of β-amino-alcohol motifs (C(OH)–C–C–N with tert-alkyl or cyclic N) is 1. The lowest BCUT2D eigenvalue weighted by molar-refractivity contribution is -0.152. The van der Waals surface area contributed by atoms with Gasteiger partial charge < -0.3 is 14.7 Å². The second kappa shape index (κ2) is 4.63. The summed E-state index contributed by atoms with van der Waals surface area (Å²) < 4.78 is 4.73. The second-order valence-corrected chi connectivity index (χ2v) is 5.81. The molecule has 1 saturated heterocycles.